The lowest BCUT2D eigenvalue weighted by atomic mass is 10.1. The zero-order valence-corrected chi connectivity index (χ0v) is 11.9. The second-order valence-corrected chi connectivity index (χ2v) is 4.56. The molecule has 18 heavy (non-hydrogen) atoms. The number of Topliss-reactive ketones (excluding diaryl/α,β-unsaturated/α-hetero) is 1. The molecular weight excluding hydrogens is 252 g/mol. The Kier molecular flexibility index (Phi) is 5.85. The van der Waals surface area contributed by atoms with E-state index in [-0.39, 0.29) is 5.78 Å². The van der Waals surface area contributed by atoms with Crippen molar-refractivity contribution in [1.82, 2.24) is 0 Å². The van der Waals surface area contributed by atoms with Crippen LogP contribution in [0.5, 0.6) is 17.2 Å². The molecule has 1 aromatic rings. The number of benzene rings is 1. The summed E-state index contributed by atoms with van der Waals surface area (Å²) in [6, 6.07) is 3.34. The van der Waals surface area contributed by atoms with E-state index in [9.17, 15) is 4.79 Å². The normalized spacial score (nSPS) is 10.0. The van der Waals surface area contributed by atoms with Crippen molar-refractivity contribution in [2.24, 2.45) is 0 Å². The Hall–Kier alpha value is -1.36. The summed E-state index contributed by atoms with van der Waals surface area (Å²) in [6.45, 7) is 0. The van der Waals surface area contributed by atoms with Crippen LogP contribution in [0.15, 0.2) is 12.1 Å². The molecule has 0 amide bonds. The average molecular weight is 270 g/mol. The van der Waals surface area contributed by atoms with E-state index in [2.05, 4.69) is 0 Å². The highest BCUT2D eigenvalue weighted by molar-refractivity contribution is 7.98. The molecule has 0 saturated carbocycles. The summed E-state index contributed by atoms with van der Waals surface area (Å²) in [7, 11) is 4.62. The SMILES string of the molecule is COc1cc(OC)c(C(=O)CCSC)cc1OC. The van der Waals surface area contributed by atoms with Crippen molar-refractivity contribution < 1.29 is 19.0 Å². The first-order valence-electron chi connectivity index (χ1n) is 5.50. The molecule has 0 bridgehead atoms. The summed E-state index contributed by atoms with van der Waals surface area (Å²) in [5.74, 6) is 2.43. The molecule has 0 aliphatic carbocycles. The summed E-state index contributed by atoms with van der Waals surface area (Å²) >= 11 is 1.64. The predicted octanol–water partition coefficient (Wildman–Crippen LogP) is 2.65. The van der Waals surface area contributed by atoms with Gasteiger partial charge < -0.3 is 14.2 Å². The number of hydrogen-bond acceptors (Lipinski definition) is 5. The van der Waals surface area contributed by atoms with E-state index in [0.717, 1.165) is 5.75 Å². The summed E-state index contributed by atoms with van der Waals surface area (Å²) in [5.41, 5.74) is 0.532. The number of thioether (sulfide) groups is 1. The second-order valence-electron chi connectivity index (χ2n) is 3.57. The van der Waals surface area contributed by atoms with Crippen LogP contribution in [0.2, 0.25) is 0 Å². The van der Waals surface area contributed by atoms with E-state index < -0.39 is 0 Å². The van der Waals surface area contributed by atoms with Gasteiger partial charge in [0.05, 0.1) is 26.9 Å². The van der Waals surface area contributed by atoms with Gasteiger partial charge in [-0.1, -0.05) is 0 Å². The number of methoxy groups -OCH3 is 3. The highest BCUT2D eigenvalue weighted by atomic mass is 32.2. The van der Waals surface area contributed by atoms with Crippen LogP contribution in [-0.4, -0.2) is 39.1 Å². The monoisotopic (exact) mass is 270 g/mol. The standard InChI is InChI=1S/C13H18O4S/c1-15-11-8-13(17-3)12(16-2)7-9(11)10(14)5-6-18-4/h7-8H,5-6H2,1-4H3. The van der Waals surface area contributed by atoms with Crippen molar-refractivity contribution in [2.45, 2.75) is 6.42 Å². The van der Waals surface area contributed by atoms with Gasteiger partial charge in [0, 0.05) is 18.2 Å². The van der Waals surface area contributed by atoms with Gasteiger partial charge in [0.1, 0.15) is 5.75 Å². The van der Waals surface area contributed by atoms with Gasteiger partial charge in [0.25, 0.3) is 0 Å². The van der Waals surface area contributed by atoms with Crippen LogP contribution in [0.25, 0.3) is 0 Å². The van der Waals surface area contributed by atoms with Gasteiger partial charge in [0.15, 0.2) is 17.3 Å². The first-order chi connectivity index (χ1) is 8.67. The number of hydrogen-bond donors (Lipinski definition) is 0. The topological polar surface area (TPSA) is 44.8 Å². The summed E-state index contributed by atoms with van der Waals surface area (Å²) < 4.78 is 15.6. The average Bonchev–Trinajstić information content (AvgIpc) is 2.42. The smallest absolute Gasteiger partial charge is 0.167 e. The molecule has 0 atom stereocenters. The first kappa shape index (κ1) is 14.7. The van der Waals surface area contributed by atoms with E-state index in [4.69, 9.17) is 14.2 Å². The maximum atomic E-state index is 12.1. The van der Waals surface area contributed by atoms with Crippen molar-refractivity contribution in [1.29, 1.82) is 0 Å². The van der Waals surface area contributed by atoms with Gasteiger partial charge in [-0.2, -0.15) is 11.8 Å². The van der Waals surface area contributed by atoms with Crippen molar-refractivity contribution in [3.63, 3.8) is 0 Å². The van der Waals surface area contributed by atoms with Crippen LogP contribution in [0.4, 0.5) is 0 Å². The van der Waals surface area contributed by atoms with Crippen LogP contribution in [0.1, 0.15) is 16.8 Å². The molecular formula is C13H18O4S. The van der Waals surface area contributed by atoms with E-state index >= 15 is 0 Å². The van der Waals surface area contributed by atoms with Gasteiger partial charge in [-0.25, -0.2) is 0 Å². The van der Waals surface area contributed by atoms with Gasteiger partial charge in [-0.05, 0) is 12.3 Å². The number of carbonyl (C=O) groups is 1. The lowest BCUT2D eigenvalue weighted by Crippen LogP contribution is -2.05. The molecule has 1 rings (SSSR count). The molecule has 4 nitrogen and oxygen atoms in total. The molecule has 0 aromatic heterocycles. The minimum Gasteiger partial charge on any atom is -0.496 e. The fourth-order valence-corrected chi connectivity index (χ4v) is 1.97. The molecule has 0 spiro atoms. The molecule has 5 heteroatoms. The maximum Gasteiger partial charge on any atom is 0.167 e. The van der Waals surface area contributed by atoms with Crippen LogP contribution in [0.3, 0.4) is 0 Å². The third kappa shape index (κ3) is 3.32. The van der Waals surface area contributed by atoms with E-state index in [0.29, 0.717) is 29.2 Å². The molecule has 0 aliphatic rings. The Morgan fingerprint density at radius 2 is 1.61 bits per heavy atom. The maximum absolute atomic E-state index is 12.1. The van der Waals surface area contributed by atoms with Gasteiger partial charge in [-0.3, -0.25) is 4.79 Å². The van der Waals surface area contributed by atoms with Crippen LogP contribution < -0.4 is 14.2 Å². The number of ether oxygens (including phenoxy) is 3. The molecule has 0 N–H and O–H groups in total. The molecule has 0 saturated heterocycles. The van der Waals surface area contributed by atoms with Crippen molar-refractivity contribution in [2.75, 3.05) is 33.3 Å². The molecule has 0 heterocycles. The minimum atomic E-state index is 0.0437. The highest BCUT2D eigenvalue weighted by Crippen LogP contribution is 2.35. The lowest BCUT2D eigenvalue weighted by Gasteiger charge is -2.13. The van der Waals surface area contributed by atoms with Crippen LogP contribution >= 0.6 is 11.8 Å². The molecule has 1 aromatic carbocycles. The zero-order valence-electron chi connectivity index (χ0n) is 11.1. The summed E-state index contributed by atoms with van der Waals surface area (Å²) in [6.07, 6.45) is 2.45. The van der Waals surface area contributed by atoms with Gasteiger partial charge in [-0.15, -0.1) is 0 Å². The van der Waals surface area contributed by atoms with Crippen LogP contribution in [-0.2, 0) is 0 Å². The summed E-state index contributed by atoms with van der Waals surface area (Å²) in [4.78, 5) is 12.1. The van der Waals surface area contributed by atoms with Crippen molar-refractivity contribution in [3.05, 3.63) is 17.7 Å². The van der Waals surface area contributed by atoms with E-state index in [1.165, 1.54) is 7.11 Å². The fourth-order valence-electron chi connectivity index (χ4n) is 1.58. The molecule has 0 aliphatic heterocycles. The largest absolute Gasteiger partial charge is 0.496 e. The quantitative estimate of drug-likeness (QED) is 0.713. The van der Waals surface area contributed by atoms with E-state index in [1.54, 1.807) is 38.1 Å². The highest BCUT2D eigenvalue weighted by Gasteiger charge is 2.17. The van der Waals surface area contributed by atoms with Crippen molar-refractivity contribution >= 4 is 17.5 Å². The Bertz CT molecular complexity index is 418. The first-order valence-corrected chi connectivity index (χ1v) is 6.89. The minimum absolute atomic E-state index is 0.0437. The number of rotatable bonds is 7. The second kappa shape index (κ2) is 7.16. The number of ketones is 1. The van der Waals surface area contributed by atoms with E-state index in [1.807, 2.05) is 6.26 Å². The third-order valence-corrected chi connectivity index (χ3v) is 3.15. The number of carbonyl (C=O) groups excluding carboxylic acids is 1. The Labute approximate surface area is 112 Å². The Morgan fingerprint density at radius 3 is 2.11 bits per heavy atom. The van der Waals surface area contributed by atoms with Gasteiger partial charge in [0.2, 0.25) is 0 Å². The molecule has 100 valence electrons. The fraction of sp³-hybridized carbons (Fsp3) is 0.462. The molecule has 0 unspecified atom stereocenters. The Morgan fingerprint density at radius 1 is 1.06 bits per heavy atom. The van der Waals surface area contributed by atoms with Crippen molar-refractivity contribution in [3.8, 4) is 17.2 Å². The molecule has 0 fully saturated rings. The Balaban J connectivity index is 3.12. The van der Waals surface area contributed by atoms with Crippen LogP contribution in [0, 0.1) is 0 Å². The third-order valence-electron chi connectivity index (χ3n) is 2.54. The lowest BCUT2D eigenvalue weighted by molar-refractivity contribution is 0.0986. The predicted molar refractivity (Wildman–Crippen MR) is 73.4 cm³/mol. The molecule has 0 radical (unpaired) electrons. The zero-order chi connectivity index (χ0) is 13.5. The summed E-state index contributed by atoms with van der Waals surface area (Å²) in [5, 5.41) is 0. The van der Waals surface area contributed by atoms with Gasteiger partial charge >= 0.3 is 0 Å².